The molecule has 10 heteroatoms. The number of phosphoric acid groups is 1. The molecular weight excluding hydrogens is 390 g/mol. The minimum atomic E-state index is -4.79. The molecule has 0 radical (unpaired) electrons. The Bertz CT molecular complexity index is 1120. The minimum absolute atomic E-state index is 0.0755. The molecule has 150 valence electrons. The fourth-order valence-electron chi connectivity index (χ4n) is 2.90. The molecule has 28 heavy (non-hydrogen) atoms. The molecule has 0 spiro atoms. The van der Waals surface area contributed by atoms with Gasteiger partial charge >= 0.3 is 7.82 Å². The average molecular weight is 410 g/mol. The van der Waals surface area contributed by atoms with Crippen molar-refractivity contribution in [1.29, 1.82) is 0 Å². The molecule has 0 amide bonds. The number of ether oxygens (including phenoxy) is 1. The van der Waals surface area contributed by atoms with Gasteiger partial charge in [0.2, 0.25) is 0 Å². The fourth-order valence-corrected chi connectivity index (χ4v) is 3.17. The van der Waals surface area contributed by atoms with E-state index < -0.39 is 25.8 Å². The van der Waals surface area contributed by atoms with Crippen LogP contribution in [0.15, 0.2) is 41.6 Å². The van der Waals surface area contributed by atoms with Gasteiger partial charge in [0.05, 0.1) is 17.5 Å². The third kappa shape index (κ3) is 4.18. The third-order valence-electron chi connectivity index (χ3n) is 4.10. The molecule has 0 saturated carbocycles. The molecule has 0 atom stereocenters. The zero-order valence-electron chi connectivity index (χ0n) is 15.3. The fraction of sp³-hybridized carbons (Fsp3) is 0.278. The zero-order chi connectivity index (χ0) is 20.5. The van der Waals surface area contributed by atoms with Gasteiger partial charge in [-0.05, 0) is 24.6 Å². The number of hydrogen-bond donors (Lipinski definition) is 2. The summed E-state index contributed by atoms with van der Waals surface area (Å²) < 4.78 is 39.0. The molecule has 0 aliphatic heterocycles. The van der Waals surface area contributed by atoms with Crippen molar-refractivity contribution in [2.24, 2.45) is 7.05 Å². The van der Waals surface area contributed by atoms with E-state index in [-0.39, 0.29) is 22.2 Å². The third-order valence-corrected chi connectivity index (χ3v) is 4.56. The van der Waals surface area contributed by atoms with Gasteiger partial charge in [-0.1, -0.05) is 6.92 Å². The van der Waals surface area contributed by atoms with E-state index in [2.05, 4.69) is 4.52 Å². The Labute approximate surface area is 160 Å². The van der Waals surface area contributed by atoms with Crippen LogP contribution in [0, 0.1) is 5.82 Å². The van der Waals surface area contributed by atoms with Gasteiger partial charge in [-0.3, -0.25) is 9.32 Å². The lowest BCUT2D eigenvalue weighted by atomic mass is 10.1. The van der Waals surface area contributed by atoms with E-state index in [0.29, 0.717) is 18.6 Å². The maximum absolute atomic E-state index is 14.6. The predicted molar refractivity (Wildman–Crippen MR) is 101 cm³/mol. The molecule has 3 aromatic rings. The Morgan fingerprint density at radius 3 is 2.57 bits per heavy atom. The van der Waals surface area contributed by atoms with Gasteiger partial charge in [-0.2, -0.15) is 0 Å². The summed E-state index contributed by atoms with van der Waals surface area (Å²) in [5.74, 6) is -0.532. The van der Waals surface area contributed by atoms with E-state index in [1.807, 2.05) is 6.92 Å². The number of rotatable bonds is 7. The standard InChI is InChI=1S/C18H20FN2O6P/c1-3-8-26-15-5-4-14(19)16-17(15)21(11-27-28(23,24)25)10-13(18(16)22)12-6-7-20(2)9-12/h4-7,9-10H,3,8,11H2,1-2H3,(H2,23,24,25). The van der Waals surface area contributed by atoms with E-state index in [1.54, 1.807) is 30.1 Å². The van der Waals surface area contributed by atoms with Crippen LogP contribution in [-0.4, -0.2) is 25.5 Å². The molecule has 0 saturated heterocycles. The quantitative estimate of drug-likeness (QED) is 0.581. The second-order valence-electron chi connectivity index (χ2n) is 6.27. The first-order valence-corrected chi connectivity index (χ1v) is 10.0. The van der Waals surface area contributed by atoms with Crippen LogP contribution in [0.5, 0.6) is 5.75 Å². The van der Waals surface area contributed by atoms with Gasteiger partial charge in [0.15, 0.2) is 5.43 Å². The Hall–Kier alpha value is -2.45. The largest absolute Gasteiger partial charge is 0.491 e. The van der Waals surface area contributed by atoms with E-state index in [1.165, 1.54) is 16.8 Å². The molecule has 2 heterocycles. The van der Waals surface area contributed by atoms with Crippen molar-refractivity contribution in [2.45, 2.75) is 20.1 Å². The molecule has 0 fully saturated rings. The highest BCUT2D eigenvalue weighted by Crippen LogP contribution is 2.37. The molecule has 0 bridgehead atoms. The summed E-state index contributed by atoms with van der Waals surface area (Å²) in [5.41, 5.74) is 0.243. The Balaban J connectivity index is 2.30. The number of aryl methyl sites for hydroxylation is 1. The SMILES string of the molecule is CCCOc1ccc(F)c2c(=O)c(-c3ccn(C)c3)cn(COP(=O)(O)O)c12. The molecule has 0 unspecified atom stereocenters. The van der Waals surface area contributed by atoms with Crippen LogP contribution >= 0.6 is 7.82 Å². The van der Waals surface area contributed by atoms with Crippen LogP contribution in [0.25, 0.3) is 22.0 Å². The number of nitrogens with zero attached hydrogens (tertiary/aromatic N) is 2. The zero-order valence-corrected chi connectivity index (χ0v) is 16.2. The summed E-state index contributed by atoms with van der Waals surface area (Å²) in [6.45, 7) is 1.63. The summed E-state index contributed by atoms with van der Waals surface area (Å²) in [7, 11) is -3.01. The van der Waals surface area contributed by atoms with Gasteiger partial charge in [-0.15, -0.1) is 0 Å². The monoisotopic (exact) mass is 410 g/mol. The van der Waals surface area contributed by atoms with Crippen LogP contribution < -0.4 is 10.2 Å². The number of benzene rings is 1. The van der Waals surface area contributed by atoms with Crippen LogP contribution in [0.1, 0.15) is 13.3 Å². The van der Waals surface area contributed by atoms with Crippen LogP contribution in [0.4, 0.5) is 4.39 Å². The maximum Gasteiger partial charge on any atom is 0.471 e. The average Bonchev–Trinajstić information content (AvgIpc) is 3.05. The van der Waals surface area contributed by atoms with Crippen molar-refractivity contribution in [2.75, 3.05) is 6.61 Å². The number of phosphoric ester groups is 1. The lowest BCUT2D eigenvalue weighted by Gasteiger charge is -2.17. The molecule has 3 rings (SSSR count). The van der Waals surface area contributed by atoms with Gasteiger partial charge in [-0.25, -0.2) is 8.96 Å². The van der Waals surface area contributed by atoms with E-state index in [9.17, 15) is 13.8 Å². The molecule has 0 aliphatic carbocycles. The highest BCUT2D eigenvalue weighted by atomic mass is 31.2. The Morgan fingerprint density at radius 2 is 1.96 bits per heavy atom. The van der Waals surface area contributed by atoms with Crippen molar-refractivity contribution in [3.05, 3.63) is 52.8 Å². The lowest BCUT2D eigenvalue weighted by molar-refractivity contribution is 0.155. The maximum atomic E-state index is 14.6. The predicted octanol–water partition coefficient (Wildman–Crippen LogP) is 3.00. The second-order valence-corrected chi connectivity index (χ2v) is 7.51. The van der Waals surface area contributed by atoms with E-state index in [0.717, 1.165) is 6.07 Å². The Kier molecular flexibility index (Phi) is 5.71. The van der Waals surface area contributed by atoms with Crippen molar-refractivity contribution < 1.29 is 28.0 Å². The molecule has 2 aromatic heterocycles. The lowest BCUT2D eigenvalue weighted by Crippen LogP contribution is -2.15. The molecular formula is C18H20FN2O6P. The van der Waals surface area contributed by atoms with Gasteiger partial charge in [0.1, 0.15) is 18.3 Å². The number of fused-ring (bicyclic) bond motifs is 1. The smallest absolute Gasteiger partial charge is 0.471 e. The van der Waals surface area contributed by atoms with Crippen LogP contribution in [0.3, 0.4) is 0 Å². The minimum Gasteiger partial charge on any atom is -0.491 e. The number of pyridine rings is 1. The number of halogens is 1. The van der Waals surface area contributed by atoms with Gasteiger partial charge in [0.25, 0.3) is 0 Å². The number of hydrogen-bond acceptors (Lipinski definition) is 4. The summed E-state index contributed by atoms with van der Waals surface area (Å²) in [4.78, 5) is 31.2. The molecule has 1 aromatic carbocycles. The molecule has 0 aliphatic rings. The highest BCUT2D eigenvalue weighted by molar-refractivity contribution is 7.46. The van der Waals surface area contributed by atoms with E-state index in [4.69, 9.17) is 14.5 Å². The summed E-state index contributed by atoms with van der Waals surface area (Å²) >= 11 is 0. The summed E-state index contributed by atoms with van der Waals surface area (Å²) in [6, 6.07) is 4.20. The van der Waals surface area contributed by atoms with Crippen molar-refractivity contribution in [3.8, 4) is 16.9 Å². The van der Waals surface area contributed by atoms with Crippen LogP contribution in [0.2, 0.25) is 0 Å². The topological polar surface area (TPSA) is 103 Å². The summed E-state index contributed by atoms with van der Waals surface area (Å²) in [6.07, 6.45) is 5.48. The molecule has 2 N–H and O–H groups in total. The normalized spacial score (nSPS) is 11.9. The molecule has 8 nitrogen and oxygen atoms in total. The first kappa shape index (κ1) is 20.3. The van der Waals surface area contributed by atoms with Gasteiger partial charge in [0, 0.05) is 36.8 Å². The first-order chi connectivity index (χ1) is 13.2. The highest BCUT2D eigenvalue weighted by Gasteiger charge is 2.21. The van der Waals surface area contributed by atoms with Crippen molar-refractivity contribution in [1.82, 2.24) is 9.13 Å². The van der Waals surface area contributed by atoms with Crippen molar-refractivity contribution >= 4 is 18.7 Å². The summed E-state index contributed by atoms with van der Waals surface area (Å²) in [5, 5.41) is -0.232. The van der Waals surface area contributed by atoms with Gasteiger partial charge < -0.3 is 23.7 Å². The number of aromatic nitrogens is 2. The van der Waals surface area contributed by atoms with Crippen molar-refractivity contribution in [3.63, 3.8) is 0 Å². The Morgan fingerprint density at radius 1 is 1.21 bits per heavy atom. The van der Waals surface area contributed by atoms with Crippen LogP contribution in [-0.2, 0) is 22.9 Å². The second kappa shape index (κ2) is 7.89. The first-order valence-electron chi connectivity index (χ1n) is 8.52. The van der Waals surface area contributed by atoms with E-state index >= 15 is 0 Å².